The number of rotatable bonds is 9. The summed E-state index contributed by atoms with van der Waals surface area (Å²) >= 11 is 1.68. The quantitative estimate of drug-likeness (QED) is 0.315. The van der Waals surface area contributed by atoms with Gasteiger partial charge in [-0.2, -0.15) is 0 Å². The summed E-state index contributed by atoms with van der Waals surface area (Å²) < 4.78 is 5.82. The molecule has 2 rings (SSSR count). The first-order valence-corrected chi connectivity index (χ1v) is 9.98. The fraction of sp³-hybridized carbons (Fsp3) is 0.500. The summed E-state index contributed by atoms with van der Waals surface area (Å²) in [6.45, 7) is 9.98. The Bertz CT molecular complexity index is 678. The van der Waals surface area contributed by atoms with Crippen LogP contribution in [0.2, 0.25) is 0 Å². The summed E-state index contributed by atoms with van der Waals surface area (Å²) in [5, 5.41) is 6.56. The van der Waals surface area contributed by atoms with Crippen LogP contribution < -0.4 is 5.32 Å². The molecule has 7 heteroatoms. The third-order valence-corrected chi connectivity index (χ3v) is 4.65. The van der Waals surface area contributed by atoms with Crippen molar-refractivity contribution >= 4 is 41.3 Å². The van der Waals surface area contributed by atoms with E-state index >= 15 is 0 Å². The van der Waals surface area contributed by atoms with Crippen LogP contribution in [0.1, 0.15) is 30.1 Å². The van der Waals surface area contributed by atoms with Gasteiger partial charge >= 0.3 is 0 Å². The van der Waals surface area contributed by atoms with Crippen LogP contribution in [0, 0.1) is 12.8 Å². The number of nitrogens with one attached hydrogen (secondary N) is 1. The molecule has 0 spiro atoms. The maximum absolute atomic E-state index is 5.82. The van der Waals surface area contributed by atoms with Crippen molar-refractivity contribution in [3.63, 3.8) is 0 Å². The zero-order chi connectivity index (χ0) is 18.8. The van der Waals surface area contributed by atoms with Gasteiger partial charge in [-0.15, -0.1) is 35.3 Å². The number of hydrogen-bond donors (Lipinski definition) is 1. The van der Waals surface area contributed by atoms with Gasteiger partial charge in [0.2, 0.25) is 0 Å². The highest BCUT2D eigenvalue weighted by molar-refractivity contribution is 14.0. The van der Waals surface area contributed by atoms with Crippen molar-refractivity contribution in [2.75, 3.05) is 26.7 Å². The monoisotopic (exact) mass is 502 g/mol. The van der Waals surface area contributed by atoms with Gasteiger partial charge < -0.3 is 15.0 Å². The summed E-state index contributed by atoms with van der Waals surface area (Å²) in [5.41, 5.74) is 2.29. The summed E-state index contributed by atoms with van der Waals surface area (Å²) in [7, 11) is 2.05. The minimum absolute atomic E-state index is 0. The maximum Gasteiger partial charge on any atom is 0.194 e. The predicted octanol–water partition coefficient (Wildman–Crippen LogP) is 4.32. The Morgan fingerprint density at radius 3 is 2.70 bits per heavy atom. The van der Waals surface area contributed by atoms with Gasteiger partial charge in [0.1, 0.15) is 0 Å². The summed E-state index contributed by atoms with van der Waals surface area (Å²) in [6.07, 6.45) is 0. The third-order valence-electron chi connectivity index (χ3n) is 3.83. The molecule has 0 amide bonds. The number of nitrogens with zero attached hydrogens (tertiary/aromatic N) is 3. The molecule has 0 bridgehead atoms. The molecule has 0 aliphatic carbocycles. The minimum Gasteiger partial charge on any atom is -0.376 e. The second-order valence-electron chi connectivity index (χ2n) is 6.51. The molecular formula is C20H31IN4OS. The number of ether oxygens (including phenoxy) is 1. The number of aromatic nitrogens is 1. The van der Waals surface area contributed by atoms with Crippen molar-refractivity contribution in [3.8, 4) is 0 Å². The summed E-state index contributed by atoms with van der Waals surface area (Å²) in [4.78, 5) is 11.4. The summed E-state index contributed by atoms with van der Waals surface area (Å²) in [5.74, 6) is 1.27. The number of hydrogen-bond acceptors (Lipinski definition) is 4. The predicted molar refractivity (Wildman–Crippen MR) is 125 cm³/mol. The van der Waals surface area contributed by atoms with Crippen molar-refractivity contribution < 1.29 is 4.74 Å². The van der Waals surface area contributed by atoms with Crippen LogP contribution >= 0.6 is 35.3 Å². The Hall–Kier alpha value is -1.19. The number of aliphatic imine (C=N–C) groups is 1. The molecule has 0 fully saturated rings. The molecule has 1 N–H and O–H groups in total. The summed E-state index contributed by atoms with van der Waals surface area (Å²) in [6, 6.07) is 10.3. The van der Waals surface area contributed by atoms with Crippen LogP contribution in [0.5, 0.6) is 0 Å². The zero-order valence-electron chi connectivity index (χ0n) is 16.6. The lowest BCUT2D eigenvalue weighted by Crippen LogP contribution is -2.39. The highest BCUT2D eigenvalue weighted by Crippen LogP contribution is 2.10. The van der Waals surface area contributed by atoms with E-state index in [2.05, 4.69) is 46.6 Å². The number of thiazole rings is 1. The molecule has 1 unspecified atom stereocenters. The molecule has 0 aliphatic rings. The first kappa shape index (κ1) is 23.8. The van der Waals surface area contributed by atoms with Gasteiger partial charge in [0.05, 0.1) is 30.5 Å². The van der Waals surface area contributed by atoms with E-state index in [-0.39, 0.29) is 24.0 Å². The van der Waals surface area contributed by atoms with Gasteiger partial charge in [0.25, 0.3) is 0 Å². The first-order valence-electron chi connectivity index (χ1n) is 9.10. The van der Waals surface area contributed by atoms with Gasteiger partial charge in [-0.05, 0) is 25.3 Å². The Balaban J connectivity index is 0.00000364. The molecule has 27 heavy (non-hydrogen) atoms. The third kappa shape index (κ3) is 9.03. The average molecular weight is 502 g/mol. The van der Waals surface area contributed by atoms with Crippen LogP contribution in [0.25, 0.3) is 0 Å². The Morgan fingerprint density at radius 1 is 1.33 bits per heavy atom. The molecule has 0 saturated heterocycles. The highest BCUT2D eigenvalue weighted by Gasteiger charge is 2.10. The van der Waals surface area contributed by atoms with Crippen LogP contribution in [-0.2, 0) is 17.9 Å². The fourth-order valence-corrected chi connectivity index (χ4v) is 3.12. The molecule has 0 saturated carbocycles. The van der Waals surface area contributed by atoms with Crippen LogP contribution in [0.3, 0.4) is 0 Å². The molecule has 1 heterocycles. The zero-order valence-corrected chi connectivity index (χ0v) is 19.8. The standard InChI is InChI=1S/C20H30N4OS.HI/c1-5-21-20(24(4)12-19-15-26-17(3)23-19)22-11-16(2)13-25-14-18-9-7-6-8-10-18;/h6-10,15-16H,5,11-14H2,1-4H3,(H,21,22);1H. The van der Waals surface area contributed by atoms with Crippen molar-refractivity contribution in [2.45, 2.75) is 33.9 Å². The largest absolute Gasteiger partial charge is 0.376 e. The molecule has 1 atom stereocenters. The van der Waals surface area contributed by atoms with Crippen molar-refractivity contribution in [2.24, 2.45) is 10.9 Å². The number of guanidine groups is 1. The van der Waals surface area contributed by atoms with E-state index in [9.17, 15) is 0 Å². The van der Waals surface area contributed by atoms with Crippen LogP contribution in [0.15, 0.2) is 40.7 Å². The van der Waals surface area contributed by atoms with Crippen molar-refractivity contribution in [3.05, 3.63) is 52.0 Å². The van der Waals surface area contributed by atoms with E-state index in [1.807, 2.05) is 32.2 Å². The number of aryl methyl sites for hydroxylation is 1. The molecular weight excluding hydrogens is 471 g/mol. The normalized spacial score (nSPS) is 12.4. The maximum atomic E-state index is 5.82. The SMILES string of the molecule is CCNC(=NCC(C)COCc1ccccc1)N(C)Cc1csc(C)n1.I. The van der Waals surface area contributed by atoms with Gasteiger partial charge in [-0.3, -0.25) is 4.99 Å². The van der Waals surface area contributed by atoms with E-state index in [1.54, 1.807) is 11.3 Å². The topological polar surface area (TPSA) is 49.8 Å². The van der Waals surface area contributed by atoms with Gasteiger partial charge in [0, 0.05) is 25.5 Å². The highest BCUT2D eigenvalue weighted by atomic mass is 127. The second kappa shape index (κ2) is 13.1. The lowest BCUT2D eigenvalue weighted by molar-refractivity contribution is 0.0944. The molecule has 0 radical (unpaired) electrons. The smallest absolute Gasteiger partial charge is 0.194 e. The average Bonchev–Trinajstić information content (AvgIpc) is 3.04. The van der Waals surface area contributed by atoms with E-state index in [4.69, 9.17) is 9.73 Å². The lowest BCUT2D eigenvalue weighted by atomic mass is 10.2. The molecule has 150 valence electrons. The Morgan fingerprint density at radius 2 is 2.07 bits per heavy atom. The molecule has 1 aromatic heterocycles. The number of benzene rings is 1. The molecule has 2 aromatic rings. The Kier molecular flexibility index (Phi) is 11.5. The van der Waals surface area contributed by atoms with Crippen molar-refractivity contribution in [1.29, 1.82) is 0 Å². The van der Waals surface area contributed by atoms with E-state index < -0.39 is 0 Å². The fourth-order valence-electron chi connectivity index (χ4n) is 2.52. The van der Waals surface area contributed by atoms with Gasteiger partial charge in [-0.25, -0.2) is 4.98 Å². The van der Waals surface area contributed by atoms with E-state index in [0.29, 0.717) is 19.1 Å². The van der Waals surface area contributed by atoms with Crippen molar-refractivity contribution in [1.82, 2.24) is 15.2 Å². The van der Waals surface area contributed by atoms with Crippen LogP contribution in [0.4, 0.5) is 0 Å². The number of halogens is 1. The van der Waals surface area contributed by atoms with Gasteiger partial charge in [0.15, 0.2) is 5.96 Å². The van der Waals surface area contributed by atoms with Gasteiger partial charge in [-0.1, -0.05) is 37.3 Å². The first-order chi connectivity index (χ1) is 12.6. The van der Waals surface area contributed by atoms with Crippen LogP contribution in [-0.4, -0.2) is 42.6 Å². The lowest BCUT2D eigenvalue weighted by Gasteiger charge is -2.22. The minimum atomic E-state index is 0. The molecule has 1 aromatic carbocycles. The second-order valence-corrected chi connectivity index (χ2v) is 7.58. The molecule has 0 aliphatic heterocycles. The molecule has 5 nitrogen and oxygen atoms in total. The Labute approximate surface area is 184 Å². The van der Waals surface area contributed by atoms with E-state index in [0.717, 1.165) is 36.3 Å². The van der Waals surface area contributed by atoms with E-state index in [1.165, 1.54) is 5.56 Å².